The van der Waals surface area contributed by atoms with Crippen molar-refractivity contribution in [3.05, 3.63) is 35.4 Å². The lowest BCUT2D eigenvalue weighted by molar-refractivity contribution is -0.310. The number of aliphatic hydroxyl groups excluding tert-OH is 4. The van der Waals surface area contributed by atoms with E-state index in [1.165, 1.54) is 12.1 Å². The standard InChI is InChI=1S/C42H67N5O17/c1-41(2,3)64-40(57)45-14-17-59-19-21-61-23-22-60-20-18-58-16-13-44-33(51)8-6-4-5-7-15-62-42(39(55)56)25-31(49)36(47-35(53)28-48)38(63-42)37(54)32(50)27-46-34(52)24-29-9-11-30(26-43)12-10-29/h9-12,31-32,36-38,48-50,54H,4-8,13-25,27-28H2,1-3H3,(H,44,51)(H,45,57)(H,46,52)(H,47,53)(H,55,56)/t31-,32+,36+,37+,38+,42+/m0/s1. The normalized spacial score (nSPS) is 19.4. The molecule has 9 N–H and O–H groups in total. The van der Waals surface area contributed by atoms with Gasteiger partial charge in [0.1, 0.15) is 24.4 Å². The number of hydrogen-bond acceptors (Lipinski definition) is 17. The van der Waals surface area contributed by atoms with Crippen LogP contribution in [0.2, 0.25) is 0 Å². The molecule has 6 atom stereocenters. The number of benzene rings is 1. The van der Waals surface area contributed by atoms with Crippen LogP contribution in [0.5, 0.6) is 0 Å². The molecule has 2 rings (SSSR count). The van der Waals surface area contributed by atoms with Crippen molar-refractivity contribution in [2.45, 2.75) is 108 Å². The maximum absolute atomic E-state index is 12.5. The van der Waals surface area contributed by atoms with Gasteiger partial charge in [-0.25, -0.2) is 9.59 Å². The molecule has 1 aliphatic rings. The Morgan fingerprint density at radius 1 is 0.812 bits per heavy atom. The van der Waals surface area contributed by atoms with E-state index in [0.717, 1.165) is 0 Å². The van der Waals surface area contributed by atoms with E-state index in [0.29, 0.717) is 103 Å². The zero-order valence-corrected chi connectivity index (χ0v) is 36.9. The van der Waals surface area contributed by atoms with Crippen molar-refractivity contribution in [1.29, 1.82) is 5.26 Å². The lowest BCUT2D eigenvalue weighted by Gasteiger charge is -2.46. The zero-order chi connectivity index (χ0) is 47.4. The number of carboxylic acids is 1. The van der Waals surface area contributed by atoms with Crippen LogP contribution in [0.4, 0.5) is 4.79 Å². The summed E-state index contributed by atoms with van der Waals surface area (Å²) in [4.78, 5) is 60.9. The smallest absolute Gasteiger partial charge is 0.407 e. The van der Waals surface area contributed by atoms with Gasteiger partial charge < -0.3 is 80.0 Å². The minimum Gasteiger partial charge on any atom is -0.477 e. The molecule has 0 spiro atoms. The van der Waals surface area contributed by atoms with Crippen LogP contribution in [0.15, 0.2) is 24.3 Å². The van der Waals surface area contributed by atoms with Crippen molar-refractivity contribution < 1.29 is 82.7 Å². The Morgan fingerprint density at radius 2 is 1.39 bits per heavy atom. The molecule has 4 amide bonds. The first-order valence-corrected chi connectivity index (χ1v) is 21.3. The first-order chi connectivity index (χ1) is 30.5. The summed E-state index contributed by atoms with van der Waals surface area (Å²) < 4.78 is 38.2. The Bertz CT molecular complexity index is 1590. The zero-order valence-electron chi connectivity index (χ0n) is 36.9. The Balaban J connectivity index is 1.62. The number of carbonyl (C=O) groups excluding carboxylic acids is 4. The summed E-state index contributed by atoms with van der Waals surface area (Å²) in [6.45, 7) is 7.16. The van der Waals surface area contributed by atoms with Gasteiger partial charge in [-0.05, 0) is 51.3 Å². The molecule has 362 valence electrons. The predicted octanol–water partition coefficient (Wildman–Crippen LogP) is -0.979. The summed E-state index contributed by atoms with van der Waals surface area (Å²) >= 11 is 0. The number of nitrogens with one attached hydrogen (secondary N) is 4. The maximum atomic E-state index is 12.5. The molecule has 1 aromatic rings. The van der Waals surface area contributed by atoms with Gasteiger partial charge in [0.15, 0.2) is 0 Å². The Morgan fingerprint density at radius 3 is 1.95 bits per heavy atom. The van der Waals surface area contributed by atoms with Crippen molar-refractivity contribution in [3.63, 3.8) is 0 Å². The lowest BCUT2D eigenvalue weighted by atomic mass is 9.88. The number of carboxylic acid groups (broad SMARTS) is 1. The van der Waals surface area contributed by atoms with Gasteiger partial charge in [-0.15, -0.1) is 0 Å². The summed E-state index contributed by atoms with van der Waals surface area (Å²) in [5, 5.41) is 71.4. The molecular weight excluding hydrogens is 846 g/mol. The van der Waals surface area contributed by atoms with Crippen LogP contribution in [-0.4, -0.2) is 183 Å². The highest BCUT2D eigenvalue weighted by Gasteiger charge is 2.55. The highest BCUT2D eigenvalue weighted by Crippen LogP contribution is 2.34. The molecule has 1 fully saturated rings. The Kier molecular flexibility index (Phi) is 26.6. The van der Waals surface area contributed by atoms with Gasteiger partial charge in [-0.2, -0.15) is 5.26 Å². The van der Waals surface area contributed by atoms with Crippen LogP contribution < -0.4 is 21.3 Å². The molecule has 0 unspecified atom stereocenters. The van der Waals surface area contributed by atoms with Crippen molar-refractivity contribution in [2.75, 3.05) is 85.7 Å². The average Bonchev–Trinajstić information content (AvgIpc) is 3.25. The topological polar surface area (TPSA) is 323 Å². The van der Waals surface area contributed by atoms with Crippen LogP contribution in [0.1, 0.15) is 70.4 Å². The van der Waals surface area contributed by atoms with E-state index in [4.69, 9.17) is 38.4 Å². The number of amides is 4. The predicted molar refractivity (Wildman–Crippen MR) is 224 cm³/mol. The molecule has 1 aliphatic heterocycles. The summed E-state index contributed by atoms with van der Waals surface area (Å²) in [5.74, 6) is -5.80. The fourth-order valence-electron chi connectivity index (χ4n) is 6.08. The van der Waals surface area contributed by atoms with E-state index in [1.54, 1.807) is 32.9 Å². The van der Waals surface area contributed by atoms with Crippen molar-refractivity contribution in [3.8, 4) is 6.07 Å². The number of nitriles is 1. The van der Waals surface area contributed by atoms with Crippen molar-refractivity contribution >= 4 is 29.8 Å². The molecular formula is C42H67N5O17. The molecule has 22 heteroatoms. The highest BCUT2D eigenvalue weighted by molar-refractivity contribution is 5.79. The second-order valence-corrected chi connectivity index (χ2v) is 15.8. The van der Waals surface area contributed by atoms with E-state index < -0.39 is 85.3 Å². The Hall–Kier alpha value is -4.54. The quantitative estimate of drug-likeness (QED) is 0.0392. The molecule has 64 heavy (non-hydrogen) atoms. The minimum atomic E-state index is -2.49. The number of hydrogen-bond donors (Lipinski definition) is 9. The second-order valence-electron chi connectivity index (χ2n) is 15.8. The molecule has 0 aromatic heterocycles. The molecule has 22 nitrogen and oxygen atoms in total. The number of unbranched alkanes of at least 4 members (excludes halogenated alkanes) is 3. The number of ether oxygens (including phenoxy) is 7. The van der Waals surface area contributed by atoms with Crippen LogP contribution in [0, 0.1) is 11.3 Å². The number of nitrogens with zero attached hydrogens (tertiary/aromatic N) is 1. The van der Waals surface area contributed by atoms with Gasteiger partial charge in [-0.3, -0.25) is 14.4 Å². The number of alkyl carbamates (subject to hydrolysis) is 1. The first-order valence-electron chi connectivity index (χ1n) is 21.3. The van der Waals surface area contributed by atoms with Gasteiger partial charge in [0.05, 0.1) is 95.8 Å². The fourth-order valence-corrected chi connectivity index (χ4v) is 6.08. The summed E-state index contributed by atoms with van der Waals surface area (Å²) in [7, 11) is 0. The summed E-state index contributed by atoms with van der Waals surface area (Å²) in [6.07, 6.45) is -6.17. The van der Waals surface area contributed by atoms with Gasteiger partial charge >= 0.3 is 12.1 Å². The largest absolute Gasteiger partial charge is 0.477 e. The van der Waals surface area contributed by atoms with Crippen LogP contribution in [0.3, 0.4) is 0 Å². The minimum absolute atomic E-state index is 0.113. The summed E-state index contributed by atoms with van der Waals surface area (Å²) in [5.41, 5.74) is 0.423. The summed E-state index contributed by atoms with van der Waals surface area (Å²) in [6, 6.07) is 6.72. The van der Waals surface area contributed by atoms with E-state index in [1.807, 2.05) is 6.07 Å². The molecule has 0 radical (unpaired) electrons. The average molecular weight is 914 g/mol. The number of aliphatic hydroxyl groups is 4. The third-order valence-corrected chi connectivity index (χ3v) is 9.29. The van der Waals surface area contributed by atoms with Gasteiger partial charge in [0, 0.05) is 32.5 Å². The molecule has 0 bridgehead atoms. The third kappa shape index (κ3) is 22.9. The van der Waals surface area contributed by atoms with Gasteiger partial charge in [0.25, 0.3) is 5.79 Å². The van der Waals surface area contributed by atoms with E-state index in [2.05, 4.69) is 21.3 Å². The third-order valence-electron chi connectivity index (χ3n) is 9.29. The SMILES string of the molecule is CC(C)(C)OC(=O)NCCOCCOCCOCCOCCNC(=O)CCCCCCO[C@]1(C(=O)O)C[C@H](O)[C@@H](NC(=O)CO)[C@H]([C@H](O)[C@H](O)CNC(=O)Cc2ccc(C#N)cc2)O1. The second kappa shape index (κ2) is 30.6. The number of rotatable bonds is 32. The van der Waals surface area contributed by atoms with Crippen LogP contribution >= 0.6 is 0 Å². The highest BCUT2D eigenvalue weighted by atomic mass is 16.7. The molecule has 1 aromatic carbocycles. The Labute approximate surface area is 373 Å². The molecule has 0 saturated carbocycles. The van der Waals surface area contributed by atoms with E-state index in [-0.39, 0.29) is 25.4 Å². The molecule has 1 saturated heterocycles. The maximum Gasteiger partial charge on any atom is 0.407 e. The first kappa shape index (κ1) is 55.6. The van der Waals surface area contributed by atoms with Crippen molar-refractivity contribution in [2.24, 2.45) is 0 Å². The van der Waals surface area contributed by atoms with E-state index in [9.17, 15) is 49.5 Å². The van der Waals surface area contributed by atoms with Crippen LogP contribution in [0.25, 0.3) is 0 Å². The number of carbonyl (C=O) groups is 5. The molecule has 1 heterocycles. The van der Waals surface area contributed by atoms with Crippen LogP contribution in [-0.2, 0) is 58.8 Å². The van der Waals surface area contributed by atoms with E-state index >= 15 is 0 Å². The molecule has 0 aliphatic carbocycles. The van der Waals surface area contributed by atoms with Gasteiger partial charge in [-0.1, -0.05) is 25.0 Å². The monoisotopic (exact) mass is 913 g/mol. The fraction of sp³-hybridized carbons (Fsp3) is 0.714. The lowest BCUT2D eigenvalue weighted by Crippen LogP contribution is -2.68. The van der Waals surface area contributed by atoms with Gasteiger partial charge in [0.2, 0.25) is 17.7 Å². The van der Waals surface area contributed by atoms with Crippen molar-refractivity contribution in [1.82, 2.24) is 21.3 Å². The number of aliphatic carboxylic acids is 1.